The molecule has 4 heterocycles. The van der Waals surface area contributed by atoms with E-state index in [4.69, 9.17) is 9.72 Å². The number of likely N-dealkylation sites (N-methyl/N-ethyl adjacent to an activating group) is 1. The van der Waals surface area contributed by atoms with Crippen LogP contribution in [0.1, 0.15) is 19.9 Å². The zero-order chi connectivity index (χ0) is 20.5. The summed E-state index contributed by atoms with van der Waals surface area (Å²) in [6.07, 6.45) is 5.17. The maximum atomic E-state index is 13.3. The third-order valence-corrected chi connectivity index (χ3v) is 5.33. The Labute approximate surface area is 167 Å². The van der Waals surface area contributed by atoms with E-state index < -0.39 is 6.04 Å². The van der Waals surface area contributed by atoms with Crippen LogP contribution in [-0.2, 0) is 9.53 Å². The molecule has 0 aromatic carbocycles. The molecule has 1 unspecified atom stereocenters. The van der Waals surface area contributed by atoms with Crippen LogP contribution >= 0.6 is 0 Å². The summed E-state index contributed by atoms with van der Waals surface area (Å²) in [7, 11) is 1.56. The first-order chi connectivity index (χ1) is 14.0. The van der Waals surface area contributed by atoms with E-state index in [9.17, 15) is 9.59 Å². The third kappa shape index (κ3) is 3.38. The Morgan fingerprint density at radius 1 is 1.41 bits per heavy atom. The molecular weight excluding hydrogens is 372 g/mol. The van der Waals surface area contributed by atoms with Gasteiger partial charge in [-0.05, 0) is 26.0 Å². The van der Waals surface area contributed by atoms with Gasteiger partial charge in [0.25, 0.3) is 5.56 Å². The van der Waals surface area contributed by atoms with Crippen LogP contribution < -0.4 is 15.8 Å². The summed E-state index contributed by atoms with van der Waals surface area (Å²) in [5, 5.41) is 3.52. The number of fused-ring (bicyclic) bond motifs is 1. The minimum Gasteiger partial charge on any atom is -0.377 e. The fourth-order valence-corrected chi connectivity index (χ4v) is 3.66. The fraction of sp³-hybridized carbons (Fsp3) is 0.400. The Bertz CT molecular complexity index is 1110. The molecule has 9 heteroatoms. The lowest BCUT2D eigenvalue weighted by Gasteiger charge is -2.34. The van der Waals surface area contributed by atoms with Crippen molar-refractivity contribution in [3.8, 4) is 11.3 Å². The van der Waals surface area contributed by atoms with Crippen molar-refractivity contribution in [3.05, 3.63) is 41.1 Å². The Balaban J connectivity index is 1.94. The molecular formula is C20H24N6O3. The summed E-state index contributed by atoms with van der Waals surface area (Å²) in [5.41, 5.74) is 1.90. The smallest absolute Gasteiger partial charge is 0.294 e. The summed E-state index contributed by atoms with van der Waals surface area (Å²) in [6, 6.07) is 3.12. The van der Waals surface area contributed by atoms with Crippen molar-refractivity contribution in [1.29, 1.82) is 0 Å². The number of hydrogen-bond donors (Lipinski definition) is 2. The number of aromatic amines is 1. The molecule has 3 aromatic heterocycles. The molecule has 0 radical (unpaired) electrons. The Morgan fingerprint density at radius 2 is 2.24 bits per heavy atom. The van der Waals surface area contributed by atoms with E-state index in [0.717, 1.165) is 16.6 Å². The standard InChI is InChI=1S/C20H24N6O3/c1-12-11-29-9-8-25(12)18-20(28)26(13(2)19(27)21-3)10-16(24-18)14-4-6-22-17-15(14)5-7-23-17/h4-7,10,12-13H,8-9,11H2,1-3H3,(H,21,27)(H,22,23)/t12-,13?/m1/s1. The second kappa shape index (κ2) is 7.67. The van der Waals surface area contributed by atoms with E-state index in [1.54, 1.807) is 26.4 Å². The van der Waals surface area contributed by atoms with E-state index >= 15 is 0 Å². The van der Waals surface area contributed by atoms with Crippen LogP contribution in [0.2, 0.25) is 0 Å². The molecule has 4 rings (SSSR count). The molecule has 29 heavy (non-hydrogen) atoms. The van der Waals surface area contributed by atoms with Gasteiger partial charge in [0, 0.05) is 43.1 Å². The summed E-state index contributed by atoms with van der Waals surface area (Å²) < 4.78 is 6.97. The van der Waals surface area contributed by atoms with Crippen molar-refractivity contribution >= 4 is 22.8 Å². The third-order valence-electron chi connectivity index (χ3n) is 5.33. The first-order valence-corrected chi connectivity index (χ1v) is 9.63. The normalized spacial score (nSPS) is 18.0. The molecule has 1 saturated heterocycles. The monoisotopic (exact) mass is 396 g/mol. The zero-order valence-corrected chi connectivity index (χ0v) is 16.7. The topological polar surface area (TPSA) is 105 Å². The van der Waals surface area contributed by atoms with E-state index in [-0.39, 0.29) is 17.5 Å². The van der Waals surface area contributed by atoms with E-state index in [2.05, 4.69) is 15.3 Å². The van der Waals surface area contributed by atoms with E-state index in [1.165, 1.54) is 4.57 Å². The lowest BCUT2D eigenvalue weighted by molar-refractivity contribution is -0.123. The number of morpholine rings is 1. The predicted molar refractivity (Wildman–Crippen MR) is 110 cm³/mol. The van der Waals surface area contributed by atoms with Crippen LogP contribution in [0.3, 0.4) is 0 Å². The molecule has 0 spiro atoms. The van der Waals surface area contributed by atoms with E-state index in [1.807, 2.05) is 30.2 Å². The van der Waals surface area contributed by atoms with Gasteiger partial charge in [-0.1, -0.05) is 0 Å². The molecule has 9 nitrogen and oxygen atoms in total. The van der Waals surface area contributed by atoms with Crippen molar-refractivity contribution in [2.75, 3.05) is 31.7 Å². The molecule has 0 aliphatic carbocycles. The highest BCUT2D eigenvalue weighted by Gasteiger charge is 2.27. The van der Waals surface area contributed by atoms with Gasteiger partial charge in [-0.15, -0.1) is 0 Å². The quantitative estimate of drug-likeness (QED) is 0.689. The van der Waals surface area contributed by atoms with Crippen molar-refractivity contribution in [1.82, 2.24) is 24.8 Å². The average Bonchev–Trinajstić information content (AvgIpc) is 3.22. The van der Waals surface area contributed by atoms with Crippen LogP contribution in [0.15, 0.2) is 35.5 Å². The van der Waals surface area contributed by atoms with Crippen LogP contribution in [0, 0.1) is 0 Å². The second-order valence-electron chi connectivity index (χ2n) is 7.17. The minimum atomic E-state index is -0.673. The Kier molecular flexibility index (Phi) is 5.06. The van der Waals surface area contributed by atoms with Gasteiger partial charge in [-0.3, -0.25) is 14.2 Å². The van der Waals surface area contributed by atoms with Crippen molar-refractivity contribution in [2.24, 2.45) is 0 Å². The number of rotatable bonds is 4. The number of H-pyrrole nitrogens is 1. The first-order valence-electron chi connectivity index (χ1n) is 9.63. The highest BCUT2D eigenvalue weighted by Crippen LogP contribution is 2.27. The minimum absolute atomic E-state index is 0.00711. The summed E-state index contributed by atoms with van der Waals surface area (Å²) in [4.78, 5) is 39.7. The van der Waals surface area contributed by atoms with Crippen LogP contribution in [0.25, 0.3) is 22.3 Å². The van der Waals surface area contributed by atoms with Gasteiger partial charge in [-0.2, -0.15) is 0 Å². The molecule has 2 N–H and O–H groups in total. The fourth-order valence-electron chi connectivity index (χ4n) is 3.66. The van der Waals surface area contributed by atoms with Gasteiger partial charge in [0.2, 0.25) is 5.91 Å². The first kappa shape index (κ1) is 19.1. The number of hydrogen-bond acceptors (Lipinski definition) is 6. The number of aromatic nitrogens is 4. The molecule has 152 valence electrons. The van der Waals surface area contributed by atoms with Gasteiger partial charge >= 0.3 is 0 Å². The van der Waals surface area contributed by atoms with Crippen molar-refractivity contribution in [2.45, 2.75) is 25.9 Å². The highest BCUT2D eigenvalue weighted by atomic mass is 16.5. The Morgan fingerprint density at radius 3 is 3.00 bits per heavy atom. The van der Waals surface area contributed by atoms with Gasteiger partial charge in [-0.25, -0.2) is 9.97 Å². The van der Waals surface area contributed by atoms with E-state index in [0.29, 0.717) is 31.3 Å². The predicted octanol–water partition coefficient (Wildman–Crippen LogP) is 1.32. The number of nitrogens with zero attached hydrogens (tertiary/aromatic N) is 4. The molecule has 2 atom stereocenters. The molecule has 1 aliphatic heterocycles. The van der Waals surface area contributed by atoms with Crippen molar-refractivity contribution < 1.29 is 9.53 Å². The molecule has 1 amide bonds. The van der Waals surface area contributed by atoms with Crippen LogP contribution in [-0.4, -0.2) is 58.3 Å². The number of carbonyl (C=O) groups excluding carboxylic acids is 1. The number of amides is 1. The summed E-state index contributed by atoms with van der Waals surface area (Å²) in [5.74, 6) is 0.0845. The zero-order valence-electron chi connectivity index (χ0n) is 16.7. The molecule has 3 aromatic rings. The molecule has 1 aliphatic rings. The van der Waals surface area contributed by atoms with Crippen LogP contribution in [0.4, 0.5) is 5.82 Å². The SMILES string of the molecule is CNC(=O)C(C)n1cc(-c2ccnc3[nH]ccc23)nc(N2CCOC[C@H]2C)c1=O. The summed E-state index contributed by atoms with van der Waals surface area (Å²) >= 11 is 0. The average molecular weight is 396 g/mol. The number of ether oxygens (including phenoxy) is 1. The Hall–Kier alpha value is -3.20. The largest absolute Gasteiger partial charge is 0.377 e. The molecule has 0 bridgehead atoms. The second-order valence-corrected chi connectivity index (χ2v) is 7.17. The number of carbonyl (C=O) groups is 1. The lowest BCUT2D eigenvalue weighted by atomic mass is 10.1. The van der Waals surface area contributed by atoms with Gasteiger partial charge in [0.15, 0.2) is 5.82 Å². The highest BCUT2D eigenvalue weighted by molar-refractivity contribution is 5.91. The van der Waals surface area contributed by atoms with Gasteiger partial charge in [0.05, 0.1) is 24.9 Å². The number of nitrogens with one attached hydrogen (secondary N) is 2. The van der Waals surface area contributed by atoms with Gasteiger partial charge < -0.3 is 19.9 Å². The number of pyridine rings is 1. The van der Waals surface area contributed by atoms with Crippen LogP contribution in [0.5, 0.6) is 0 Å². The summed E-state index contributed by atoms with van der Waals surface area (Å²) in [6.45, 7) is 5.31. The van der Waals surface area contributed by atoms with Gasteiger partial charge in [0.1, 0.15) is 11.7 Å². The van der Waals surface area contributed by atoms with Crippen molar-refractivity contribution in [3.63, 3.8) is 0 Å². The lowest BCUT2D eigenvalue weighted by Crippen LogP contribution is -2.48. The maximum Gasteiger partial charge on any atom is 0.294 e. The number of anilines is 1. The molecule has 1 fully saturated rings. The maximum absolute atomic E-state index is 13.3. The molecule has 0 saturated carbocycles.